The smallest absolute Gasteiger partial charge is 0.239 e. The molecule has 1 atom stereocenters. The van der Waals surface area contributed by atoms with Crippen molar-refractivity contribution in [1.29, 1.82) is 5.26 Å². The SMILES string of the molecule is N#CC1(NC(=O)[C@H]2CCN(c3cccc(Cl)c3)C2=O)CCOCC1. The number of anilines is 1. The van der Waals surface area contributed by atoms with Gasteiger partial charge in [-0.2, -0.15) is 5.26 Å². The Labute approximate surface area is 145 Å². The molecule has 1 N–H and O–H groups in total. The molecule has 2 aliphatic heterocycles. The number of carbonyl (C=O) groups excluding carboxylic acids is 2. The highest BCUT2D eigenvalue weighted by molar-refractivity contribution is 6.31. The van der Waals surface area contributed by atoms with Crippen molar-refractivity contribution in [2.24, 2.45) is 5.92 Å². The average molecular weight is 348 g/mol. The van der Waals surface area contributed by atoms with Gasteiger partial charge in [-0.3, -0.25) is 9.59 Å². The van der Waals surface area contributed by atoms with Crippen molar-refractivity contribution in [2.45, 2.75) is 24.8 Å². The van der Waals surface area contributed by atoms with Crippen LogP contribution < -0.4 is 10.2 Å². The molecule has 0 aliphatic carbocycles. The lowest BCUT2D eigenvalue weighted by Crippen LogP contribution is -2.53. The van der Waals surface area contributed by atoms with Crippen molar-refractivity contribution >= 4 is 29.1 Å². The molecular formula is C17H18ClN3O3. The first-order valence-electron chi connectivity index (χ1n) is 7.93. The quantitative estimate of drug-likeness (QED) is 0.846. The highest BCUT2D eigenvalue weighted by atomic mass is 35.5. The van der Waals surface area contributed by atoms with Gasteiger partial charge in [0.15, 0.2) is 0 Å². The Hall–Kier alpha value is -2.10. The van der Waals surface area contributed by atoms with Crippen LogP contribution in [0.25, 0.3) is 0 Å². The van der Waals surface area contributed by atoms with Crippen LogP contribution in [0.15, 0.2) is 24.3 Å². The van der Waals surface area contributed by atoms with Crippen LogP contribution in [0.3, 0.4) is 0 Å². The average Bonchev–Trinajstić information content (AvgIpc) is 2.97. The second-order valence-electron chi connectivity index (χ2n) is 6.11. The van der Waals surface area contributed by atoms with Crippen LogP contribution in [0.1, 0.15) is 19.3 Å². The minimum atomic E-state index is -0.931. The van der Waals surface area contributed by atoms with E-state index in [1.165, 1.54) is 0 Å². The van der Waals surface area contributed by atoms with Crippen molar-refractivity contribution in [1.82, 2.24) is 5.32 Å². The monoisotopic (exact) mass is 347 g/mol. The molecule has 0 unspecified atom stereocenters. The Morgan fingerprint density at radius 2 is 2.17 bits per heavy atom. The van der Waals surface area contributed by atoms with Gasteiger partial charge < -0.3 is 15.0 Å². The predicted octanol–water partition coefficient (Wildman–Crippen LogP) is 1.88. The fourth-order valence-corrected chi connectivity index (χ4v) is 3.32. The first kappa shape index (κ1) is 16.7. The number of hydrogen-bond acceptors (Lipinski definition) is 4. The Balaban J connectivity index is 1.71. The molecule has 0 bridgehead atoms. The molecule has 2 aliphatic rings. The minimum absolute atomic E-state index is 0.255. The number of rotatable bonds is 3. The number of nitrogens with one attached hydrogen (secondary N) is 1. The van der Waals surface area contributed by atoms with Gasteiger partial charge in [-0.1, -0.05) is 17.7 Å². The van der Waals surface area contributed by atoms with Crippen molar-refractivity contribution < 1.29 is 14.3 Å². The molecule has 1 aromatic carbocycles. The molecule has 2 fully saturated rings. The van der Waals surface area contributed by atoms with Crippen LogP contribution in [0, 0.1) is 17.2 Å². The Bertz CT molecular complexity index is 695. The zero-order valence-corrected chi connectivity index (χ0v) is 13.9. The van der Waals surface area contributed by atoms with E-state index in [1.807, 2.05) is 0 Å². The van der Waals surface area contributed by atoms with Gasteiger partial charge in [-0.15, -0.1) is 0 Å². The highest BCUT2D eigenvalue weighted by Gasteiger charge is 2.42. The standard InChI is InChI=1S/C17H18ClN3O3/c18-12-2-1-3-13(10-12)21-7-4-14(16(21)23)15(22)20-17(11-19)5-8-24-9-6-17/h1-3,10,14H,4-9H2,(H,20,22)/t14-/m1/s1. The fraction of sp³-hybridized carbons (Fsp3) is 0.471. The third-order valence-electron chi connectivity index (χ3n) is 4.56. The zero-order chi connectivity index (χ0) is 17.2. The number of nitriles is 1. The lowest BCUT2D eigenvalue weighted by Gasteiger charge is -2.32. The molecule has 1 aromatic rings. The van der Waals surface area contributed by atoms with E-state index in [-0.39, 0.29) is 11.8 Å². The van der Waals surface area contributed by atoms with Crippen molar-refractivity contribution in [3.63, 3.8) is 0 Å². The Kier molecular flexibility index (Phi) is 4.74. The molecule has 126 valence electrons. The number of amides is 2. The lowest BCUT2D eigenvalue weighted by atomic mass is 9.90. The number of ether oxygens (including phenoxy) is 1. The van der Waals surface area contributed by atoms with Crippen LogP contribution in [0.2, 0.25) is 5.02 Å². The molecule has 2 amide bonds. The number of nitrogens with zero attached hydrogens (tertiary/aromatic N) is 2. The number of halogens is 1. The fourth-order valence-electron chi connectivity index (χ4n) is 3.13. The van der Waals surface area contributed by atoms with E-state index in [0.29, 0.717) is 49.7 Å². The van der Waals surface area contributed by atoms with Crippen LogP contribution >= 0.6 is 11.6 Å². The largest absolute Gasteiger partial charge is 0.381 e. The summed E-state index contributed by atoms with van der Waals surface area (Å²) < 4.78 is 5.25. The van der Waals surface area contributed by atoms with Gasteiger partial charge in [0.1, 0.15) is 11.5 Å². The minimum Gasteiger partial charge on any atom is -0.381 e. The zero-order valence-electron chi connectivity index (χ0n) is 13.1. The summed E-state index contributed by atoms with van der Waals surface area (Å²) in [6.45, 7) is 1.32. The van der Waals surface area contributed by atoms with Gasteiger partial charge in [0.25, 0.3) is 0 Å². The summed E-state index contributed by atoms with van der Waals surface area (Å²) in [7, 11) is 0. The maximum atomic E-state index is 12.6. The second kappa shape index (κ2) is 6.80. The van der Waals surface area contributed by atoms with Gasteiger partial charge in [0.2, 0.25) is 11.8 Å². The van der Waals surface area contributed by atoms with Gasteiger partial charge >= 0.3 is 0 Å². The summed E-state index contributed by atoms with van der Waals surface area (Å²) in [6.07, 6.45) is 1.30. The normalized spacial score (nSPS) is 22.9. The van der Waals surface area contributed by atoms with Crippen LogP contribution in [0.4, 0.5) is 5.69 Å². The number of hydrogen-bond donors (Lipinski definition) is 1. The third kappa shape index (κ3) is 3.23. The Morgan fingerprint density at radius 1 is 1.42 bits per heavy atom. The van der Waals surface area contributed by atoms with E-state index in [4.69, 9.17) is 16.3 Å². The molecule has 0 radical (unpaired) electrons. The topological polar surface area (TPSA) is 82.4 Å². The molecule has 0 aromatic heterocycles. The van der Waals surface area contributed by atoms with Crippen LogP contribution in [-0.2, 0) is 14.3 Å². The van der Waals surface area contributed by atoms with E-state index < -0.39 is 11.5 Å². The molecule has 24 heavy (non-hydrogen) atoms. The first-order chi connectivity index (χ1) is 11.5. The number of carbonyl (C=O) groups is 2. The summed E-state index contributed by atoms with van der Waals surface area (Å²) in [5.74, 6) is -1.40. The molecule has 7 heteroatoms. The van der Waals surface area contributed by atoms with E-state index in [0.717, 1.165) is 0 Å². The van der Waals surface area contributed by atoms with Gasteiger partial charge in [-0.25, -0.2) is 0 Å². The lowest BCUT2D eigenvalue weighted by molar-refractivity contribution is -0.133. The summed E-state index contributed by atoms with van der Waals surface area (Å²) in [5.41, 5.74) is -0.247. The van der Waals surface area contributed by atoms with Crippen molar-refractivity contribution in [3.05, 3.63) is 29.3 Å². The Morgan fingerprint density at radius 3 is 2.83 bits per heavy atom. The summed E-state index contributed by atoms with van der Waals surface area (Å²) in [6, 6.07) is 9.18. The molecule has 0 saturated carbocycles. The molecule has 6 nitrogen and oxygen atoms in total. The molecule has 0 spiro atoms. The van der Waals surface area contributed by atoms with Crippen molar-refractivity contribution in [3.8, 4) is 6.07 Å². The van der Waals surface area contributed by atoms with Gasteiger partial charge in [-0.05, 0) is 24.6 Å². The molecular weight excluding hydrogens is 330 g/mol. The van der Waals surface area contributed by atoms with Crippen molar-refractivity contribution in [2.75, 3.05) is 24.7 Å². The van der Waals surface area contributed by atoms with Gasteiger partial charge in [0, 0.05) is 43.3 Å². The first-order valence-corrected chi connectivity index (χ1v) is 8.30. The summed E-state index contributed by atoms with van der Waals surface area (Å²) >= 11 is 5.97. The second-order valence-corrected chi connectivity index (χ2v) is 6.54. The van der Waals surface area contributed by atoms with E-state index in [9.17, 15) is 14.9 Å². The number of benzene rings is 1. The highest BCUT2D eigenvalue weighted by Crippen LogP contribution is 2.28. The third-order valence-corrected chi connectivity index (χ3v) is 4.80. The van der Waals surface area contributed by atoms with Gasteiger partial charge in [0.05, 0.1) is 6.07 Å². The maximum Gasteiger partial charge on any atom is 0.239 e. The maximum absolute atomic E-state index is 12.6. The summed E-state index contributed by atoms with van der Waals surface area (Å²) in [4.78, 5) is 26.7. The van der Waals surface area contributed by atoms with Crippen LogP contribution in [-0.4, -0.2) is 37.1 Å². The molecule has 3 rings (SSSR count). The summed E-state index contributed by atoms with van der Waals surface area (Å²) in [5, 5.41) is 12.8. The van der Waals surface area contributed by atoms with Crippen LogP contribution in [0.5, 0.6) is 0 Å². The predicted molar refractivity (Wildman–Crippen MR) is 88.5 cm³/mol. The van der Waals surface area contributed by atoms with E-state index >= 15 is 0 Å². The molecule has 2 saturated heterocycles. The van der Waals surface area contributed by atoms with E-state index in [2.05, 4.69) is 11.4 Å². The molecule has 2 heterocycles. The van der Waals surface area contributed by atoms with E-state index in [1.54, 1.807) is 29.2 Å².